The van der Waals surface area contributed by atoms with Crippen molar-refractivity contribution in [2.24, 2.45) is 5.41 Å². The Morgan fingerprint density at radius 1 is 1.50 bits per heavy atom. The van der Waals surface area contributed by atoms with E-state index < -0.39 is 0 Å². The lowest BCUT2D eigenvalue weighted by Crippen LogP contribution is -2.35. The minimum absolute atomic E-state index is 0. The zero-order valence-electron chi connectivity index (χ0n) is 10.5. The number of benzene rings is 1. The van der Waals surface area contributed by atoms with Crippen LogP contribution >= 0.6 is 24.0 Å². The molecule has 1 saturated heterocycles. The Bertz CT molecular complexity index is 443. The summed E-state index contributed by atoms with van der Waals surface area (Å²) in [4.78, 5) is 12.2. The van der Waals surface area contributed by atoms with Crippen molar-refractivity contribution in [3.8, 4) is 0 Å². The van der Waals surface area contributed by atoms with E-state index in [1.165, 1.54) is 0 Å². The van der Waals surface area contributed by atoms with Gasteiger partial charge < -0.3 is 10.6 Å². The third-order valence-corrected chi connectivity index (χ3v) is 3.60. The summed E-state index contributed by atoms with van der Waals surface area (Å²) < 4.78 is 0. The number of carbonyl (C=O) groups excluding carboxylic acids is 1. The van der Waals surface area contributed by atoms with Gasteiger partial charge in [0.25, 0.3) is 0 Å². The van der Waals surface area contributed by atoms with E-state index in [9.17, 15) is 4.79 Å². The van der Waals surface area contributed by atoms with E-state index >= 15 is 0 Å². The van der Waals surface area contributed by atoms with E-state index in [1.54, 1.807) is 0 Å². The highest BCUT2D eigenvalue weighted by molar-refractivity contribution is 6.33. The fourth-order valence-corrected chi connectivity index (χ4v) is 2.29. The van der Waals surface area contributed by atoms with Crippen LogP contribution in [-0.4, -0.2) is 19.0 Å². The molecule has 1 fully saturated rings. The molecule has 1 aromatic carbocycles. The second kappa shape index (κ2) is 5.91. The van der Waals surface area contributed by atoms with Gasteiger partial charge in [0.15, 0.2) is 0 Å². The lowest BCUT2D eigenvalue weighted by atomic mass is 9.89. The molecule has 1 aliphatic rings. The second-order valence-corrected chi connectivity index (χ2v) is 5.33. The topological polar surface area (TPSA) is 41.1 Å². The van der Waals surface area contributed by atoms with Crippen molar-refractivity contribution >= 4 is 35.6 Å². The van der Waals surface area contributed by atoms with Crippen LogP contribution in [0.4, 0.5) is 5.69 Å². The first-order valence-electron chi connectivity index (χ1n) is 5.80. The number of aryl methyl sites for hydroxylation is 1. The van der Waals surface area contributed by atoms with Crippen molar-refractivity contribution in [1.82, 2.24) is 5.32 Å². The maximum atomic E-state index is 12.2. The van der Waals surface area contributed by atoms with Gasteiger partial charge in [0.05, 0.1) is 16.1 Å². The Morgan fingerprint density at radius 2 is 2.22 bits per heavy atom. The van der Waals surface area contributed by atoms with Gasteiger partial charge in [-0.3, -0.25) is 4.79 Å². The van der Waals surface area contributed by atoms with Crippen molar-refractivity contribution in [3.05, 3.63) is 28.8 Å². The van der Waals surface area contributed by atoms with Gasteiger partial charge in [0.1, 0.15) is 0 Å². The summed E-state index contributed by atoms with van der Waals surface area (Å²) in [6.45, 7) is 5.57. The summed E-state index contributed by atoms with van der Waals surface area (Å²) in [6.07, 6.45) is 0.863. The van der Waals surface area contributed by atoms with Crippen molar-refractivity contribution in [2.75, 3.05) is 18.4 Å². The van der Waals surface area contributed by atoms with Gasteiger partial charge in [-0.1, -0.05) is 17.7 Å². The normalized spacial score (nSPS) is 22.4. The van der Waals surface area contributed by atoms with Gasteiger partial charge in [-0.25, -0.2) is 0 Å². The quantitative estimate of drug-likeness (QED) is 0.878. The average Bonchev–Trinajstić information content (AvgIpc) is 2.71. The van der Waals surface area contributed by atoms with Gasteiger partial charge >= 0.3 is 0 Å². The smallest absolute Gasteiger partial charge is 0.231 e. The van der Waals surface area contributed by atoms with Crippen LogP contribution in [0.5, 0.6) is 0 Å². The standard InChI is InChI=1S/C13H17ClN2O.ClH/c1-9-3-4-11(10(14)7-9)16-12(17)13(2)5-6-15-8-13;/h3-4,7,15H,5-6,8H2,1-2H3,(H,16,17);1H. The van der Waals surface area contributed by atoms with Crippen LogP contribution in [0.3, 0.4) is 0 Å². The molecule has 1 heterocycles. The van der Waals surface area contributed by atoms with E-state index in [0.29, 0.717) is 10.7 Å². The molecule has 2 N–H and O–H groups in total. The highest BCUT2D eigenvalue weighted by atomic mass is 35.5. The summed E-state index contributed by atoms with van der Waals surface area (Å²) in [6, 6.07) is 5.64. The molecule has 18 heavy (non-hydrogen) atoms. The predicted molar refractivity (Wildman–Crippen MR) is 77.7 cm³/mol. The molecule has 1 atom stereocenters. The van der Waals surface area contributed by atoms with Gasteiger partial charge in [0.2, 0.25) is 5.91 Å². The highest BCUT2D eigenvalue weighted by Crippen LogP contribution is 2.29. The van der Waals surface area contributed by atoms with Gasteiger partial charge in [-0.2, -0.15) is 0 Å². The maximum absolute atomic E-state index is 12.2. The van der Waals surface area contributed by atoms with Gasteiger partial charge in [0, 0.05) is 6.54 Å². The van der Waals surface area contributed by atoms with Crippen LogP contribution in [0.1, 0.15) is 18.9 Å². The number of hydrogen-bond donors (Lipinski definition) is 2. The van der Waals surface area contributed by atoms with E-state index in [1.807, 2.05) is 32.0 Å². The Hall–Kier alpha value is -0.770. The number of carbonyl (C=O) groups is 1. The van der Waals surface area contributed by atoms with E-state index in [0.717, 1.165) is 25.1 Å². The monoisotopic (exact) mass is 288 g/mol. The van der Waals surface area contributed by atoms with Gasteiger partial charge in [-0.15, -0.1) is 12.4 Å². The number of rotatable bonds is 2. The van der Waals surface area contributed by atoms with Crippen LogP contribution in [0.25, 0.3) is 0 Å². The lowest BCUT2D eigenvalue weighted by molar-refractivity contribution is -0.123. The molecular weight excluding hydrogens is 271 g/mol. The Morgan fingerprint density at radius 3 is 2.78 bits per heavy atom. The molecule has 1 amide bonds. The SMILES string of the molecule is Cc1ccc(NC(=O)C2(C)CCNC2)c(Cl)c1.Cl. The molecule has 0 saturated carbocycles. The molecule has 0 radical (unpaired) electrons. The van der Waals surface area contributed by atoms with Crippen LogP contribution in [-0.2, 0) is 4.79 Å². The van der Waals surface area contributed by atoms with Gasteiger partial charge in [-0.05, 0) is 44.5 Å². The zero-order chi connectivity index (χ0) is 12.5. The summed E-state index contributed by atoms with van der Waals surface area (Å²) in [5.41, 5.74) is 1.45. The molecular formula is C13H18Cl2N2O. The maximum Gasteiger partial charge on any atom is 0.231 e. The predicted octanol–water partition coefficient (Wildman–Crippen LogP) is 3.01. The fraction of sp³-hybridized carbons (Fsp3) is 0.462. The Labute approximate surface area is 119 Å². The Balaban J connectivity index is 0.00000162. The van der Waals surface area contributed by atoms with Crippen molar-refractivity contribution in [1.29, 1.82) is 0 Å². The number of nitrogens with one attached hydrogen (secondary N) is 2. The van der Waals surface area contributed by atoms with E-state index in [4.69, 9.17) is 11.6 Å². The van der Waals surface area contributed by atoms with Crippen molar-refractivity contribution < 1.29 is 4.79 Å². The zero-order valence-corrected chi connectivity index (χ0v) is 12.1. The molecule has 1 unspecified atom stereocenters. The van der Waals surface area contributed by atoms with Crippen LogP contribution < -0.4 is 10.6 Å². The lowest BCUT2D eigenvalue weighted by Gasteiger charge is -2.21. The first kappa shape index (κ1) is 15.3. The second-order valence-electron chi connectivity index (χ2n) is 4.92. The summed E-state index contributed by atoms with van der Waals surface area (Å²) in [5, 5.41) is 6.71. The minimum atomic E-state index is -0.325. The third kappa shape index (κ3) is 3.16. The van der Waals surface area contributed by atoms with E-state index in [2.05, 4.69) is 10.6 Å². The molecule has 1 aliphatic heterocycles. The van der Waals surface area contributed by atoms with Crippen LogP contribution in [0.2, 0.25) is 5.02 Å². The van der Waals surface area contributed by atoms with Crippen LogP contribution in [0.15, 0.2) is 18.2 Å². The molecule has 0 spiro atoms. The number of anilines is 1. The van der Waals surface area contributed by atoms with Crippen molar-refractivity contribution in [3.63, 3.8) is 0 Å². The number of hydrogen-bond acceptors (Lipinski definition) is 2. The summed E-state index contributed by atoms with van der Waals surface area (Å²) in [7, 11) is 0. The third-order valence-electron chi connectivity index (χ3n) is 3.29. The summed E-state index contributed by atoms with van der Waals surface area (Å²) >= 11 is 6.10. The minimum Gasteiger partial charge on any atom is -0.324 e. The molecule has 0 bridgehead atoms. The number of halogens is 2. The molecule has 3 nitrogen and oxygen atoms in total. The molecule has 2 rings (SSSR count). The molecule has 0 aromatic heterocycles. The number of amides is 1. The first-order valence-corrected chi connectivity index (χ1v) is 6.17. The van der Waals surface area contributed by atoms with Crippen molar-refractivity contribution in [2.45, 2.75) is 20.3 Å². The molecule has 5 heteroatoms. The first-order chi connectivity index (χ1) is 8.01. The summed E-state index contributed by atoms with van der Waals surface area (Å²) in [5.74, 6) is 0.0354. The largest absolute Gasteiger partial charge is 0.324 e. The van der Waals surface area contributed by atoms with Crippen LogP contribution in [0, 0.1) is 12.3 Å². The molecule has 0 aliphatic carbocycles. The Kier molecular flexibility index (Phi) is 5.02. The molecule has 1 aromatic rings. The highest BCUT2D eigenvalue weighted by Gasteiger charge is 2.36. The van der Waals surface area contributed by atoms with E-state index in [-0.39, 0.29) is 23.7 Å². The molecule has 100 valence electrons. The fourth-order valence-electron chi connectivity index (χ4n) is 2.01. The average molecular weight is 289 g/mol.